The van der Waals surface area contributed by atoms with Crippen LogP contribution in [0.5, 0.6) is 28.7 Å². The van der Waals surface area contributed by atoms with E-state index in [0.717, 1.165) is 11.1 Å². The smallest absolute Gasteiger partial charge is 0.410 e. The third kappa shape index (κ3) is 4.32. The molecular formula is C22H27NO7. The average Bonchev–Trinajstić information content (AvgIpc) is 3.11. The number of methoxy groups -OCH3 is 5. The van der Waals surface area contributed by atoms with E-state index in [2.05, 4.69) is 0 Å². The lowest BCUT2D eigenvalue weighted by atomic mass is 10.0. The van der Waals surface area contributed by atoms with Crippen LogP contribution in [0.4, 0.5) is 4.79 Å². The molecule has 0 aromatic heterocycles. The molecule has 8 nitrogen and oxygen atoms in total. The SMILES string of the molecule is COc1ccc(CC2COC(=O)N2Cc2cc(OC)c(OC)c(OC)c2)cc1OC. The largest absolute Gasteiger partial charge is 0.493 e. The van der Waals surface area contributed by atoms with Gasteiger partial charge in [0.1, 0.15) is 6.61 Å². The number of rotatable bonds is 9. The fraction of sp³-hybridized carbons (Fsp3) is 0.409. The van der Waals surface area contributed by atoms with Crippen molar-refractivity contribution in [2.45, 2.75) is 19.0 Å². The quantitative estimate of drug-likeness (QED) is 0.620. The van der Waals surface area contributed by atoms with Crippen molar-refractivity contribution in [3.05, 3.63) is 41.5 Å². The van der Waals surface area contributed by atoms with Crippen LogP contribution in [0.1, 0.15) is 11.1 Å². The highest BCUT2D eigenvalue weighted by molar-refractivity contribution is 5.70. The maximum absolute atomic E-state index is 12.4. The lowest BCUT2D eigenvalue weighted by Crippen LogP contribution is -2.34. The molecule has 1 amide bonds. The van der Waals surface area contributed by atoms with E-state index in [1.54, 1.807) is 40.4 Å². The summed E-state index contributed by atoms with van der Waals surface area (Å²) in [6.07, 6.45) is 0.269. The van der Waals surface area contributed by atoms with Crippen LogP contribution in [0.2, 0.25) is 0 Å². The second-order valence-electron chi connectivity index (χ2n) is 6.79. The first-order chi connectivity index (χ1) is 14.5. The number of hydrogen-bond acceptors (Lipinski definition) is 7. The van der Waals surface area contributed by atoms with Crippen molar-refractivity contribution >= 4 is 6.09 Å². The molecule has 2 aromatic rings. The van der Waals surface area contributed by atoms with Crippen LogP contribution in [0.15, 0.2) is 30.3 Å². The molecule has 0 saturated carbocycles. The standard InChI is InChI=1S/C22H27NO7/c1-25-17-7-6-14(9-18(17)26-2)8-16-13-30-22(24)23(16)12-15-10-19(27-3)21(29-5)20(11-15)28-4/h6-7,9-11,16H,8,12-13H2,1-5H3. The number of benzene rings is 2. The molecule has 0 N–H and O–H groups in total. The molecule has 3 rings (SSSR count). The Morgan fingerprint density at radius 1 is 0.833 bits per heavy atom. The van der Waals surface area contributed by atoms with Crippen molar-refractivity contribution in [1.82, 2.24) is 4.90 Å². The highest BCUT2D eigenvalue weighted by Crippen LogP contribution is 2.39. The van der Waals surface area contributed by atoms with Gasteiger partial charge in [0, 0.05) is 6.54 Å². The number of ether oxygens (including phenoxy) is 6. The van der Waals surface area contributed by atoms with Gasteiger partial charge >= 0.3 is 6.09 Å². The highest BCUT2D eigenvalue weighted by atomic mass is 16.6. The topological polar surface area (TPSA) is 75.7 Å². The van der Waals surface area contributed by atoms with Gasteiger partial charge in [-0.2, -0.15) is 0 Å². The summed E-state index contributed by atoms with van der Waals surface area (Å²) in [5.74, 6) is 2.90. The van der Waals surface area contributed by atoms with Gasteiger partial charge in [-0.1, -0.05) is 6.07 Å². The molecular weight excluding hydrogens is 390 g/mol. The van der Waals surface area contributed by atoms with E-state index in [1.807, 2.05) is 30.3 Å². The second kappa shape index (κ2) is 9.47. The molecule has 1 heterocycles. The molecule has 30 heavy (non-hydrogen) atoms. The lowest BCUT2D eigenvalue weighted by Gasteiger charge is -2.23. The first-order valence-corrected chi connectivity index (χ1v) is 9.47. The number of amides is 1. The Morgan fingerprint density at radius 2 is 1.43 bits per heavy atom. The van der Waals surface area contributed by atoms with E-state index >= 15 is 0 Å². The molecule has 1 unspecified atom stereocenters. The molecule has 2 aromatic carbocycles. The molecule has 0 aliphatic carbocycles. The van der Waals surface area contributed by atoms with Crippen LogP contribution in [0.3, 0.4) is 0 Å². The molecule has 1 saturated heterocycles. The summed E-state index contributed by atoms with van der Waals surface area (Å²) < 4.78 is 32.2. The van der Waals surface area contributed by atoms with E-state index in [-0.39, 0.29) is 12.1 Å². The Balaban J connectivity index is 1.82. The van der Waals surface area contributed by atoms with Crippen molar-refractivity contribution in [1.29, 1.82) is 0 Å². The summed E-state index contributed by atoms with van der Waals surface area (Å²) >= 11 is 0. The van der Waals surface area contributed by atoms with Gasteiger partial charge < -0.3 is 28.4 Å². The van der Waals surface area contributed by atoms with Crippen molar-refractivity contribution < 1.29 is 33.2 Å². The number of carbonyl (C=O) groups is 1. The normalized spacial score (nSPS) is 15.6. The highest BCUT2D eigenvalue weighted by Gasteiger charge is 2.33. The Labute approximate surface area is 176 Å². The van der Waals surface area contributed by atoms with Gasteiger partial charge in [0.25, 0.3) is 0 Å². The van der Waals surface area contributed by atoms with Crippen LogP contribution in [-0.2, 0) is 17.7 Å². The zero-order valence-electron chi connectivity index (χ0n) is 17.9. The maximum atomic E-state index is 12.4. The summed E-state index contributed by atoms with van der Waals surface area (Å²) in [5, 5.41) is 0. The minimum absolute atomic E-state index is 0.116. The van der Waals surface area contributed by atoms with Crippen molar-refractivity contribution in [3.63, 3.8) is 0 Å². The minimum atomic E-state index is -0.353. The summed E-state index contributed by atoms with van der Waals surface area (Å²) in [7, 11) is 7.87. The van der Waals surface area contributed by atoms with Crippen molar-refractivity contribution in [3.8, 4) is 28.7 Å². The number of nitrogens with zero attached hydrogens (tertiary/aromatic N) is 1. The maximum Gasteiger partial charge on any atom is 0.410 e. The zero-order valence-corrected chi connectivity index (χ0v) is 17.9. The molecule has 8 heteroatoms. The third-order valence-corrected chi connectivity index (χ3v) is 5.07. The first kappa shape index (κ1) is 21.4. The van der Waals surface area contributed by atoms with E-state index in [4.69, 9.17) is 28.4 Å². The van der Waals surface area contributed by atoms with E-state index in [1.165, 1.54) is 0 Å². The van der Waals surface area contributed by atoms with Crippen LogP contribution < -0.4 is 23.7 Å². The Bertz CT molecular complexity index is 874. The number of carbonyl (C=O) groups excluding carboxylic acids is 1. The minimum Gasteiger partial charge on any atom is -0.493 e. The van der Waals surface area contributed by atoms with Gasteiger partial charge in [-0.05, 0) is 41.8 Å². The molecule has 162 valence electrons. The predicted octanol–water partition coefficient (Wildman–Crippen LogP) is 3.29. The van der Waals surface area contributed by atoms with Crippen molar-refractivity contribution in [2.75, 3.05) is 42.2 Å². The fourth-order valence-corrected chi connectivity index (χ4v) is 3.56. The second-order valence-corrected chi connectivity index (χ2v) is 6.79. The third-order valence-electron chi connectivity index (χ3n) is 5.07. The van der Waals surface area contributed by atoms with Gasteiger partial charge in [0.2, 0.25) is 5.75 Å². The molecule has 0 radical (unpaired) electrons. The molecule has 0 spiro atoms. The summed E-state index contributed by atoms with van der Waals surface area (Å²) in [6, 6.07) is 9.28. The summed E-state index contributed by atoms with van der Waals surface area (Å²) in [6.45, 7) is 0.672. The Morgan fingerprint density at radius 3 is 2.00 bits per heavy atom. The predicted molar refractivity (Wildman–Crippen MR) is 110 cm³/mol. The van der Waals surface area contributed by atoms with Gasteiger partial charge in [-0.3, -0.25) is 4.90 Å². The average molecular weight is 417 g/mol. The molecule has 1 aliphatic rings. The fourth-order valence-electron chi connectivity index (χ4n) is 3.56. The van der Waals surface area contributed by atoms with E-state index in [9.17, 15) is 4.79 Å². The van der Waals surface area contributed by atoms with Crippen LogP contribution >= 0.6 is 0 Å². The molecule has 0 bridgehead atoms. The van der Waals surface area contributed by atoms with Crippen LogP contribution in [0, 0.1) is 0 Å². The van der Waals surface area contributed by atoms with Gasteiger partial charge in [-0.15, -0.1) is 0 Å². The zero-order chi connectivity index (χ0) is 21.7. The molecule has 1 fully saturated rings. The van der Waals surface area contributed by atoms with E-state index < -0.39 is 0 Å². The number of cyclic esters (lactones) is 1. The summed E-state index contributed by atoms with van der Waals surface area (Å²) in [5.41, 5.74) is 1.87. The monoisotopic (exact) mass is 417 g/mol. The van der Waals surface area contributed by atoms with Crippen molar-refractivity contribution in [2.24, 2.45) is 0 Å². The van der Waals surface area contributed by atoms with Gasteiger partial charge in [0.05, 0.1) is 41.6 Å². The number of hydrogen-bond donors (Lipinski definition) is 0. The summed E-state index contributed by atoms with van der Waals surface area (Å²) in [4.78, 5) is 14.1. The van der Waals surface area contributed by atoms with Gasteiger partial charge in [-0.25, -0.2) is 4.79 Å². The lowest BCUT2D eigenvalue weighted by molar-refractivity contribution is 0.156. The Hall–Kier alpha value is -3.29. The molecule has 1 aliphatic heterocycles. The van der Waals surface area contributed by atoms with E-state index in [0.29, 0.717) is 48.3 Å². The first-order valence-electron chi connectivity index (χ1n) is 9.47. The van der Waals surface area contributed by atoms with Crippen LogP contribution in [0.25, 0.3) is 0 Å². The van der Waals surface area contributed by atoms with Gasteiger partial charge in [0.15, 0.2) is 23.0 Å². The molecule has 1 atom stereocenters. The Kier molecular flexibility index (Phi) is 6.76. The van der Waals surface area contributed by atoms with Crippen LogP contribution in [-0.4, -0.2) is 59.2 Å².